The van der Waals surface area contributed by atoms with E-state index in [0.717, 1.165) is 18.3 Å². The van der Waals surface area contributed by atoms with Crippen molar-refractivity contribution in [2.24, 2.45) is 0 Å². The second-order valence-electron chi connectivity index (χ2n) is 7.58. The molecule has 0 radical (unpaired) electrons. The molecular formula is C19H14ClF4N5O6S. The van der Waals surface area contributed by atoms with Gasteiger partial charge in [0.25, 0.3) is 0 Å². The van der Waals surface area contributed by atoms with Gasteiger partial charge in [0, 0.05) is 18.7 Å². The summed E-state index contributed by atoms with van der Waals surface area (Å²) in [5, 5.41) is 3.18. The highest BCUT2D eigenvalue weighted by atomic mass is 35.5. The van der Waals surface area contributed by atoms with E-state index in [9.17, 15) is 35.6 Å². The fourth-order valence-corrected chi connectivity index (χ4v) is 4.41. The lowest BCUT2D eigenvalue weighted by Gasteiger charge is -2.31. The molecule has 1 aliphatic rings. The normalized spacial score (nSPS) is 14.0. The second kappa shape index (κ2) is 8.86. The third kappa shape index (κ3) is 4.78. The van der Waals surface area contributed by atoms with Crippen LogP contribution in [0.2, 0.25) is 5.02 Å². The number of carbonyl (C=O) groups excluding carboxylic acids is 1. The topological polar surface area (TPSA) is 137 Å². The molecule has 3 heterocycles. The van der Waals surface area contributed by atoms with Gasteiger partial charge in [0.1, 0.15) is 22.4 Å². The van der Waals surface area contributed by atoms with Crippen LogP contribution in [-0.4, -0.2) is 44.8 Å². The van der Waals surface area contributed by atoms with Crippen molar-refractivity contribution < 1.29 is 39.6 Å². The van der Waals surface area contributed by atoms with Crippen molar-refractivity contribution in [1.82, 2.24) is 19.5 Å². The summed E-state index contributed by atoms with van der Waals surface area (Å²) in [7, 11) is -5.06. The number of alkyl halides is 3. The van der Waals surface area contributed by atoms with E-state index in [1.165, 1.54) is 11.5 Å². The standard InChI is InChI=1S/C19H14ClF4N5O6S/c1-9-16(15(20)18(31)29(26-9)35-36(32,33)34)27-4-5-28-13(7-25-14(28)8-27)17(30)11-3-2-10(21)6-12(11)19(22,23)24/h2-3,6-7H,4-5,8H2,1H3,(H,32,33,34). The molecule has 4 rings (SSSR count). The minimum Gasteiger partial charge on any atom is -0.359 e. The van der Waals surface area contributed by atoms with E-state index in [1.54, 1.807) is 4.90 Å². The van der Waals surface area contributed by atoms with Crippen LogP contribution in [0.1, 0.15) is 33.1 Å². The average molecular weight is 552 g/mol. The Kier molecular flexibility index (Phi) is 6.30. The van der Waals surface area contributed by atoms with Crippen LogP contribution in [0.25, 0.3) is 0 Å². The highest BCUT2D eigenvalue weighted by Crippen LogP contribution is 2.34. The number of hydrogen-bond donors (Lipinski definition) is 1. The Labute approximate surface area is 204 Å². The van der Waals surface area contributed by atoms with Gasteiger partial charge in [-0.3, -0.25) is 14.1 Å². The number of hydrogen-bond acceptors (Lipinski definition) is 8. The molecule has 0 saturated carbocycles. The van der Waals surface area contributed by atoms with Crippen LogP contribution in [0.5, 0.6) is 0 Å². The molecule has 0 aliphatic carbocycles. The first kappa shape index (κ1) is 25.6. The summed E-state index contributed by atoms with van der Waals surface area (Å²) in [5.74, 6) is -1.90. The summed E-state index contributed by atoms with van der Waals surface area (Å²) in [6, 6.07) is 1.76. The number of halogens is 5. The molecule has 36 heavy (non-hydrogen) atoms. The number of aromatic nitrogens is 4. The van der Waals surface area contributed by atoms with Crippen LogP contribution in [0.4, 0.5) is 23.2 Å². The monoisotopic (exact) mass is 551 g/mol. The third-order valence-electron chi connectivity index (χ3n) is 5.26. The first-order valence-corrected chi connectivity index (χ1v) is 11.6. The van der Waals surface area contributed by atoms with Gasteiger partial charge in [-0.2, -0.15) is 21.6 Å². The largest absolute Gasteiger partial charge is 0.466 e. The molecule has 1 aromatic carbocycles. The zero-order valence-corrected chi connectivity index (χ0v) is 19.5. The number of anilines is 1. The highest BCUT2D eigenvalue weighted by Gasteiger charge is 2.37. The quantitative estimate of drug-likeness (QED) is 0.287. The summed E-state index contributed by atoms with van der Waals surface area (Å²) < 4.78 is 89.7. The van der Waals surface area contributed by atoms with Gasteiger partial charge in [-0.05, 0) is 30.0 Å². The second-order valence-corrected chi connectivity index (χ2v) is 8.96. The summed E-state index contributed by atoms with van der Waals surface area (Å²) in [5.41, 5.74) is -3.35. The lowest BCUT2D eigenvalue weighted by Crippen LogP contribution is -2.39. The molecule has 1 aliphatic heterocycles. The first-order chi connectivity index (χ1) is 16.7. The molecule has 0 saturated heterocycles. The molecule has 11 nitrogen and oxygen atoms in total. The molecule has 0 atom stereocenters. The number of ketones is 1. The Morgan fingerprint density at radius 3 is 2.58 bits per heavy atom. The van der Waals surface area contributed by atoms with E-state index in [0.29, 0.717) is 0 Å². The number of imidazole rings is 1. The number of nitrogens with zero attached hydrogens (tertiary/aromatic N) is 5. The Bertz CT molecular complexity index is 1550. The van der Waals surface area contributed by atoms with E-state index in [4.69, 9.17) is 16.2 Å². The van der Waals surface area contributed by atoms with E-state index in [-0.39, 0.29) is 53.4 Å². The van der Waals surface area contributed by atoms with E-state index in [2.05, 4.69) is 14.4 Å². The molecular weight excluding hydrogens is 538 g/mol. The number of aryl methyl sites for hydroxylation is 1. The molecule has 0 spiro atoms. The number of fused-ring (bicyclic) bond motifs is 1. The summed E-state index contributed by atoms with van der Waals surface area (Å²) in [6.45, 7) is 1.48. The van der Waals surface area contributed by atoms with Gasteiger partial charge in [-0.25, -0.2) is 13.7 Å². The van der Waals surface area contributed by atoms with Gasteiger partial charge in [-0.15, -0.1) is 5.10 Å². The predicted octanol–water partition coefficient (Wildman–Crippen LogP) is 2.04. The minimum absolute atomic E-state index is 0.000898. The fourth-order valence-electron chi connectivity index (χ4n) is 3.80. The maximum atomic E-state index is 13.4. The van der Waals surface area contributed by atoms with Gasteiger partial charge in [-0.1, -0.05) is 11.6 Å². The maximum Gasteiger partial charge on any atom is 0.466 e. The Balaban J connectivity index is 1.67. The summed E-state index contributed by atoms with van der Waals surface area (Å²) in [6.07, 6.45) is -3.87. The van der Waals surface area contributed by atoms with Crippen molar-refractivity contribution in [2.45, 2.75) is 26.2 Å². The van der Waals surface area contributed by atoms with E-state index in [1.807, 2.05) is 0 Å². The molecule has 17 heteroatoms. The van der Waals surface area contributed by atoms with Gasteiger partial charge < -0.3 is 9.47 Å². The zero-order chi connectivity index (χ0) is 26.6. The smallest absolute Gasteiger partial charge is 0.359 e. The summed E-state index contributed by atoms with van der Waals surface area (Å²) >= 11 is 6.11. The maximum absolute atomic E-state index is 13.4. The minimum atomic E-state index is -5.06. The fraction of sp³-hybridized carbons (Fsp3) is 0.263. The molecule has 0 unspecified atom stereocenters. The lowest BCUT2D eigenvalue weighted by atomic mass is 10.0. The SMILES string of the molecule is Cc1nn(OS(=O)(=O)O)c(=O)c(Cl)c1N1CCn2c(C(=O)c3ccc(F)cc3C(F)(F)F)cnc2C1. The molecule has 2 aromatic heterocycles. The third-order valence-corrected chi connectivity index (χ3v) is 5.93. The average Bonchev–Trinajstić information content (AvgIpc) is 3.18. The predicted molar refractivity (Wildman–Crippen MR) is 114 cm³/mol. The number of rotatable bonds is 5. The summed E-state index contributed by atoms with van der Waals surface area (Å²) in [4.78, 5) is 30.9. The van der Waals surface area contributed by atoms with Crippen LogP contribution < -0.4 is 14.7 Å². The van der Waals surface area contributed by atoms with Crippen molar-refractivity contribution in [3.63, 3.8) is 0 Å². The molecule has 192 valence electrons. The first-order valence-electron chi connectivity index (χ1n) is 9.85. The van der Waals surface area contributed by atoms with Crippen molar-refractivity contribution in [1.29, 1.82) is 0 Å². The van der Waals surface area contributed by atoms with Crippen LogP contribution in [-0.2, 0) is 29.7 Å². The van der Waals surface area contributed by atoms with Gasteiger partial charge >= 0.3 is 22.1 Å². The van der Waals surface area contributed by atoms with Crippen molar-refractivity contribution in [3.8, 4) is 0 Å². The van der Waals surface area contributed by atoms with Crippen LogP contribution in [0.15, 0.2) is 29.2 Å². The lowest BCUT2D eigenvalue weighted by molar-refractivity contribution is -0.138. The number of carbonyl (C=O) groups is 1. The van der Waals surface area contributed by atoms with Crippen LogP contribution in [0, 0.1) is 12.7 Å². The van der Waals surface area contributed by atoms with E-state index < -0.39 is 49.9 Å². The van der Waals surface area contributed by atoms with Gasteiger partial charge in [0.15, 0.2) is 0 Å². The highest BCUT2D eigenvalue weighted by molar-refractivity contribution is 7.81. The Morgan fingerprint density at radius 2 is 1.94 bits per heavy atom. The van der Waals surface area contributed by atoms with Gasteiger partial charge in [0.2, 0.25) is 5.78 Å². The molecule has 0 fully saturated rings. The molecule has 0 bridgehead atoms. The van der Waals surface area contributed by atoms with Crippen molar-refractivity contribution in [2.75, 3.05) is 11.4 Å². The van der Waals surface area contributed by atoms with Crippen molar-refractivity contribution >= 4 is 33.5 Å². The van der Waals surface area contributed by atoms with Crippen molar-refractivity contribution in [3.05, 3.63) is 73.9 Å². The van der Waals surface area contributed by atoms with Crippen LogP contribution in [0.3, 0.4) is 0 Å². The zero-order valence-electron chi connectivity index (χ0n) is 18.0. The van der Waals surface area contributed by atoms with Gasteiger partial charge in [0.05, 0.1) is 29.7 Å². The number of benzene rings is 1. The van der Waals surface area contributed by atoms with E-state index >= 15 is 0 Å². The molecule has 1 N–H and O–H groups in total. The Morgan fingerprint density at radius 1 is 1.25 bits per heavy atom. The molecule has 0 amide bonds. The molecule has 3 aromatic rings. The Hall–Kier alpha value is -3.50. The van der Waals surface area contributed by atoms with Crippen LogP contribution >= 0.6 is 11.6 Å².